The first-order valence-corrected chi connectivity index (χ1v) is 8.62. The van der Waals surface area contributed by atoms with Crippen LogP contribution in [0.1, 0.15) is 30.3 Å². The lowest BCUT2D eigenvalue weighted by atomic mass is 10.1. The maximum absolute atomic E-state index is 12.1. The van der Waals surface area contributed by atoms with Gasteiger partial charge in [0.25, 0.3) is 5.91 Å². The molecule has 2 aromatic rings. The van der Waals surface area contributed by atoms with Crippen LogP contribution in [0.15, 0.2) is 29.6 Å². The van der Waals surface area contributed by atoms with Gasteiger partial charge in [0.05, 0.1) is 12.0 Å². The van der Waals surface area contributed by atoms with Gasteiger partial charge in [0, 0.05) is 17.5 Å². The summed E-state index contributed by atoms with van der Waals surface area (Å²) in [5, 5.41) is 14.2. The SMILES string of the molecule is CCOc1ccc(-c2nc(C(=O)NCC3(C(=O)O)CC3)cs2)cc1. The Bertz CT molecular complexity index is 750. The summed E-state index contributed by atoms with van der Waals surface area (Å²) in [6.07, 6.45) is 1.22. The highest BCUT2D eigenvalue weighted by Gasteiger charge is 2.50. The smallest absolute Gasteiger partial charge is 0.311 e. The fraction of sp³-hybridized carbons (Fsp3) is 0.353. The molecule has 1 aliphatic rings. The number of benzene rings is 1. The van der Waals surface area contributed by atoms with Gasteiger partial charge >= 0.3 is 5.97 Å². The Hall–Kier alpha value is -2.41. The van der Waals surface area contributed by atoms with Crippen molar-refractivity contribution in [3.05, 3.63) is 35.3 Å². The van der Waals surface area contributed by atoms with Crippen molar-refractivity contribution in [1.82, 2.24) is 10.3 Å². The molecule has 0 saturated heterocycles. The van der Waals surface area contributed by atoms with Crippen LogP contribution in [0.25, 0.3) is 10.6 Å². The molecular weight excluding hydrogens is 328 g/mol. The number of thiazole rings is 1. The zero-order valence-corrected chi connectivity index (χ0v) is 14.1. The highest BCUT2D eigenvalue weighted by atomic mass is 32.1. The van der Waals surface area contributed by atoms with Crippen LogP contribution in [0.3, 0.4) is 0 Å². The molecule has 7 heteroatoms. The van der Waals surface area contributed by atoms with Gasteiger partial charge in [0.2, 0.25) is 0 Å². The van der Waals surface area contributed by atoms with E-state index >= 15 is 0 Å². The van der Waals surface area contributed by atoms with Gasteiger partial charge in [0.1, 0.15) is 16.5 Å². The number of ether oxygens (including phenoxy) is 1. The lowest BCUT2D eigenvalue weighted by Crippen LogP contribution is -2.34. The maximum Gasteiger partial charge on any atom is 0.311 e. The molecule has 1 aromatic carbocycles. The van der Waals surface area contributed by atoms with Crippen molar-refractivity contribution in [2.24, 2.45) is 5.41 Å². The molecule has 0 unspecified atom stereocenters. The summed E-state index contributed by atoms with van der Waals surface area (Å²) in [5.41, 5.74) is 0.445. The molecule has 1 amide bonds. The minimum absolute atomic E-state index is 0.150. The molecule has 3 rings (SSSR count). The van der Waals surface area contributed by atoms with Gasteiger partial charge in [-0.05, 0) is 44.0 Å². The summed E-state index contributed by atoms with van der Waals surface area (Å²) in [6, 6.07) is 7.53. The summed E-state index contributed by atoms with van der Waals surface area (Å²) >= 11 is 1.38. The van der Waals surface area contributed by atoms with Crippen LogP contribution >= 0.6 is 11.3 Å². The minimum Gasteiger partial charge on any atom is -0.494 e. The fourth-order valence-electron chi connectivity index (χ4n) is 2.33. The summed E-state index contributed by atoms with van der Waals surface area (Å²) in [7, 11) is 0. The molecule has 0 spiro atoms. The third-order valence-corrected chi connectivity index (χ3v) is 4.94. The lowest BCUT2D eigenvalue weighted by molar-refractivity contribution is -0.143. The normalized spacial score (nSPS) is 14.9. The molecule has 126 valence electrons. The van der Waals surface area contributed by atoms with Gasteiger partial charge in [-0.15, -0.1) is 11.3 Å². The minimum atomic E-state index is -0.851. The highest BCUT2D eigenvalue weighted by Crippen LogP contribution is 2.45. The van der Waals surface area contributed by atoms with Crippen molar-refractivity contribution < 1.29 is 19.4 Å². The van der Waals surface area contributed by atoms with Gasteiger partial charge in [-0.2, -0.15) is 0 Å². The van der Waals surface area contributed by atoms with Crippen molar-refractivity contribution in [2.45, 2.75) is 19.8 Å². The maximum atomic E-state index is 12.1. The van der Waals surface area contributed by atoms with Crippen molar-refractivity contribution in [3.8, 4) is 16.3 Å². The van der Waals surface area contributed by atoms with E-state index in [1.54, 1.807) is 5.38 Å². The van der Waals surface area contributed by atoms with Gasteiger partial charge in [-0.3, -0.25) is 9.59 Å². The van der Waals surface area contributed by atoms with E-state index in [1.165, 1.54) is 11.3 Å². The average molecular weight is 346 g/mol. The molecule has 0 radical (unpaired) electrons. The number of carbonyl (C=O) groups is 2. The largest absolute Gasteiger partial charge is 0.494 e. The van der Waals surface area contributed by atoms with Gasteiger partial charge in [0.15, 0.2) is 0 Å². The highest BCUT2D eigenvalue weighted by molar-refractivity contribution is 7.13. The van der Waals surface area contributed by atoms with Crippen LogP contribution in [-0.4, -0.2) is 35.1 Å². The van der Waals surface area contributed by atoms with E-state index in [0.29, 0.717) is 25.1 Å². The van der Waals surface area contributed by atoms with E-state index < -0.39 is 11.4 Å². The zero-order chi connectivity index (χ0) is 17.2. The van der Waals surface area contributed by atoms with E-state index in [1.807, 2.05) is 31.2 Å². The number of carbonyl (C=O) groups excluding carboxylic acids is 1. The number of aromatic nitrogens is 1. The Morgan fingerprint density at radius 3 is 2.62 bits per heavy atom. The lowest BCUT2D eigenvalue weighted by Gasteiger charge is -2.09. The third kappa shape index (κ3) is 3.41. The number of rotatable bonds is 7. The number of hydrogen-bond acceptors (Lipinski definition) is 5. The number of nitrogens with one attached hydrogen (secondary N) is 1. The summed E-state index contributed by atoms with van der Waals surface area (Å²) in [5.74, 6) is -0.397. The number of nitrogens with zero attached hydrogens (tertiary/aromatic N) is 1. The number of hydrogen-bond donors (Lipinski definition) is 2. The quantitative estimate of drug-likeness (QED) is 0.805. The van der Waals surface area contributed by atoms with Crippen LogP contribution in [0.4, 0.5) is 0 Å². The first-order chi connectivity index (χ1) is 11.5. The van der Waals surface area contributed by atoms with Crippen molar-refractivity contribution >= 4 is 23.2 Å². The molecular formula is C17H18N2O4S. The predicted molar refractivity (Wildman–Crippen MR) is 90.4 cm³/mol. The van der Waals surface area contributed by atoms with Crippen LogP contribution in [0.2, 0.25) is 0 Å². The van der Waals surface area contributed by atoms with Gasteiger partial charge < -0.3 is 15.2 Å². The monoisotopic (exact) mass is 346 g/mol. The topological polar surface area (TPSA) is 88.5 Å². The first-order valence-electron chi connectivity index (χ1n) is 7.74. The fourth-order valence-corrected chi connectivity index (χ4v) is 3.13. The molecule has 1 fully saturated rings. The average Bonchev–Trinajstić information content (AvgIpc) is 3.22. The Kier molecular flexibility index (Phi) is 4.53. The third-order valence-electron chi connectivity index (χ3n) is 4.04. The number of aliphatic carboxylic acids is 1. The molecule has 0 aliphatic heterocycles. The Morgan fingerprint density at radius 2 is 2.04 bits per heavy atom. The van der Waals surface area contributed by atoms with Crippen molar-refractivity contribution in [2.75, 3.05) is 13.2 Å². The Morgan fingerprint density at radius 1 is 1.33 bits per heavy atom. The molecule has 24 heavy (non-hydrogen) atoms. The van der Waals surface area contributed by atoms with Crippen LogP contribution in [-0.2, 0) is 4.79 Å². The summed E-state index contributed by atoms with van der Waals surface area (Å²) in [6.45, 7) is 2.69. The first kappa shape index (κ1) is 16.4. The number of carboxylic acid groups (broad SMARTS) is 1. The molecule has 6 nitrogen and oxygen atoms in total. The van der Waals surface area contributed by atoms with Gasteiger partial charge in [-0.25, -0.2) is 4.98 Å². The second-order valence-electron chi connectivity index (χ2n) is 5.76. The molecule has 0 bridgehead atoms. The molecule has 0 atom stereocenters. The summed E-state index contributed by atoms with van der Waals surface area (Å²) < 4.78 is 5.40. The van der Waals surface area contributed by atoms with Crippen molar-refractivity contribution in [3.63, 3.8) is 0 Å². The molecule has 1 aromatic heterocycles. The second kappa shape index (κ2) is 6.60. The van der Waals surface area contributed by atoms with E-state index in [-0.39, 0.29) is 12.5 Å². The molecule has 1 saturated carbocycles. The van der Waals surface area contributed by atoms with Crippen molar-refractivity contribution in [1.29, 1.82) is 0 Å². The molecule has 1 aliphatic carbocycles. The van der Waals surface area contributed by atoms with Gasteiger partial charge in [-0.1, -0.05) is 0 Å². The second-order valence-corrected chi connectivity index (χ2v) is 6.62. The Balaban J connectivity index is 1.64. The van der Waals surface area contributed by atoms with E-state index in [2.05, 4.69) is 10.3 Å². The molecule has 2 N–H and O–H groups in total. The van der Waals surface area contributed by atoms with E-state index in [0.717, 1.165) is 16.3 Å². The van der Waals surface area contributed by atoms with Crippen LogP contribution in [0.5, 0.6) is 5.75 Å². The number of carboxylic acids is 1. The molecule has 1 heterocycles. The Labute approximate surface area is 143 Å². The predicted octanol–water partition coefficient (Wildman–Crippen LogP) is 2.80. The van der Waals surface area contributed by atoms with Crippen LogP contribution < -0.4 is 10.1 Å². The van der Waals surface area contributed by atoms with Crippen LogP contribution in [0, 0.1) is 5.41 Å². The summed E-state index contributed by atoms with van der Waals surface area (Å²) in [4.78, 5) is 27.6. The van der Waals surface area contributed by atoms with E-state index in [9.17, 15) is 9.59 Å². The van der Waals surface area contributed by atoms with E-state index in [4.69, 9.17) is 9.84 Å². The number of amides is 1. The standard InChI is InChI=1S/C17H18N2O4S/c1-2-23-12-5-3-11(4-6-12)15-19-13(9-24-15)14(20)18-10-17(7-8-17)16(21)22/h3-6,9H,2,7-8,10H2,1H3,(H,18,20)(H,21,22). The zero-order valence-electron chi connectivity index (χ0n) is 13.2.